The van der Waals surface area contributed by atoms with E-state index in [1.807, 2.05) is 0 Å². The second-order valence-corrected chi connectivity index (χ2v) is 2.67. The molecule has 0 saturated carbocycles. The molecule has 1 aromatic rings. The molecule has 1 rings (SSSR count). The van der Waals surface area contributed by atoms with Gasteiger partial charge < -0.3 is 8.92 Å². The summed E-state index contributed by atoms with van der Waals surface area (Å²) < 4.78 is 9.07. The third-order valence-electron chi connectivity index (χ3n) is 1.17. The Balaban J connectivity index is 2.80. The zero-order chi connectivity index (χ0) is 9.52. The molecule has 0 aliphatic carbocycles. The van der Waals surface area contributed by atoms with E-state index in [2.05, 4.69) is 8.92 Å². The number of ether oxygens (including phenoxy) is 1. The molecular weight excluding hydrogens is 188 g/mol. The van der Waals surface area contributed by atoms with E-state index < -0.39 is 0 Å². The second kappa shape index (κ2) is 4.91. The monoisotopic (exact) mass is 192 g/mol. The van der Waals surface area contributed by atoms with Crippen LogP contribution in [0.5, 0.6) is 5.75 Å². The van der Waals surface area contributed by atoms with Crippen molar-refractivity contribution in [3.8, 4) is 18.3 Å². The summed E-state index contributed by atoms with van der Waals surface area (Å²) >= 11 is 0.850. The Morgan fingerprint density at radius 3 is 2.62 bits per heavy atom. The maximum atomic E-state index is 8.28. The molecule has 0 saturated heterocycles. The van der Waals surface area contributed by atoms with Gasteiger partial charge in [-0.05, 0) is 12.1 Å². The lowest BCUT2D eigenvalue weighted by Gasteiger charge is -2.00. The molecule has 64 valence electrons. The van der Waals surface area contributed by atoms with E-state index in [0.717, 1.165) is 12.0 Å². The van der Waals surface area contributed by atoms with Crippen molar-refractivity contribution in [2.45, 2.75) is 4.90 Å². The van der Waals surface area contributed by atoms with E-state index in [0.29, 0.717) is 10.6 Å². The molecule has 0 fully saturated rings. The van der Waals surface area contributed by atoms with E-state index in [1.165, 1.54) is 6.26 Å². The first kappa shape index (κ1) is 9.24. The normalized spacial score (nSPS) is 8.15. The van der Waals surface area contributed by atoms with Crippen LogP contribution < -0.4 is 4.74 Å². The van der Waals surface area contributed by atoms with E-state index >= 15 is 0 Å². The molecule has 0 bridgehead atoms. The average Bonchev–Trinajstić information content (AvgIpc) is 2.17. The van der Waals surface area contributed by atoms with Crippen LogP contribution in [-0.4, -0.2) is 0 Å². The van der Waals surface area contributed by atoms with Crippen LogP contribution in [0.1, 0.15) is 0 Å². The van der Waals surface area contributed by atoms with Crippen molar-refractivity contribution in [1.29, 1.82) is 10.5 Å². The zero-order valence-corrected chi connectivity index (χ0v) is 7.25. The van der Waals surface area contributed by atoms with Crippen molar-refractivity contribution in [3.63, 3.8) is 0 Å². The van der Waals surface area contributed by atoms with Crippen LogP contribution in [0, 0.1) is 23.0 Å². The van der Waals surface area contributed by atoms with Crippen molar-refractivity contribution < 1.29 is 8.92 Å². The van der Waals surface area contributed by atoms with E-state index in [1.54, 1.807) is 30.5 Å². The van der Waals surface area contributed by atoms with E-state index in [4.69, 9.17) is 10.5 Å². The van der Waals surface area contributed by atoms with Gasteiger partial charge in [0.15, 0.2) is 5.75 Å². The number of hydrogen-bond donors (Lipinski definition) is 0. The van der Waals surface area contributed by atoms with Crippen LogP contribution in [-0.2, 0) is 4.18 Å². The summed E-state index contributed by atoms with van der Waals surface area (Å²) in [5, 5.41) is 16.4. The number of nitriles is 2. The fourth-order valence-electron chi connectivity index (χ4n) is 0.716. The van der Waals surface area contributed by atoms with Crippen molar-refractivity contribution >= 4 is 12.0 Å². The lowest BCUT2D eigenvalue weighted by molar-refractivity contribution is 0.492. The standard InChI is InChI=1S/C8H4N2O2S/c9-5-11-7-3-1-2-4-8(7)13-12-6-10/h1-4H. The van der Waals surface area contributed by atoms with Crippen molar-refractivity contribution in [2.24, 2.45) is 0 Å². The molecule has 0 spiro atoms. The summed E-state index contributed by atoms with van der Waals surface area (Å²) in [7, 11) is 0. The van der Waals surface area contributed by atoms with Crippen LogP contribution in [0.4, 0.5) is 0 Å². The zero-order valence-electron chi connectivity index (χ0n) is 6.43. The van der Waals surface area contributed by atoms with E-state index in [-0.39, 0.29) is 0 Å². The quantitative estimate of drug-likeness (QED) is 0.541. The first-order valence-corrected chi connectivity index (χ1v) is 4.00. The SMILES string of the molecule is N#COSc1ccccc1OC#N. The highest BCUT2D eigenvalue weighted by atomic mass is 32.2. The summed E-state index contributed by atoms with van der Waals surface area (Å²) in [4.78, 5) is 0.589. The molecule has 13 heavy (non-hydrogen) atoms. The van der Waals surface area contributed by atoms with Gasteiger partial charge in [-0.1, -0.05) is 12.1 Å². The Labute approximate surface area is 79.5 Å². The molecule has 0 atom stereocenters. The van der Waals surface area contributed by atoms with Gasteiger partial charge in [-0.15, -0.1) is 10.5 Å². The molecule has 0 radical (unpaired) electrons. The third kappa shape index (κ3) is 2.58. The molecular formula is C8H4N2O2S. The summed E-state index contributed by atoms with van der Waals surface area (Å²) in [5.74, 6) is 0.380. The maximum absolute atomic E-state index is 8.28. The van der Waals surface area contributed by atoms with Crippen molar-refractivity contribution in [2.75, 3.05) is 0 Å². The first-order valence-electron chi connectivity index (χ1n) is 3.26. The summed E-state index contributed by atoms with van der Waals surface area (Å²) in [6, 6.07) is 6.79. The van der Waals surface area contributed by atoms with Gasteiger partial charge in [-0.3, -0.25) is 0 Å². The van der Waals surface area contributed by atoms with Gasteiger partial charge in [0, 0.05) is 0 Å². The average molecular weight is 192 g/mol. The van der Waals surface area contributed by atoms with Gasteiger partial charge in [0.05, 0.1) is 4.90 Å². The number of para-hydroxylation sites is 1. The third-order valence-corrected chi connectivity index (χ3v) is 1.85. The Bertz CT molecular complexity index is 367. The van der Waals surface area contributed by atoms with Gasteiger partial charge >= 0.3 is 0 Å². The number of rotatable bonds is 3. The molecule has 0 aliphatic rings. The molecule has 0 aromatic heterocycles. The molecule has 0 amide bonds. The maximum Gasteiger partial charge on any atom is 0.300 e. The van der Waals surface area contributed by atoms with Crippen molar-refractivity contribution in [3.05, 3.63) is 24.3 Å². The minimum absolute atomic E-state index is 0.380. The number of nitrogens with zero attached hydrogens (tertiary/aromatic N) is 2. The van der Waals surface area contributed by atoms with Gasteiger partial charge in [0.2, 0.25) is 0 Å². The van der Waals surface area contributed by atoms with Gasteiger partial charge in [-0.25, -0.2) is 0 Å². The Kier molecular flexibility index (Phi) is 3.49. The molecule has 0 aliphatic heterocycles. The fraction of sp³-hybridized carbons (Fsp3) is 0. The van der Waals surface area contributed by atoms with Gasteiger partial charge in [0.1, 0.15) is 12.0 Å². The minimum atomic E-state index is 0.380. The Morgan fingerprint density at radius 2 is 1.92 bits per heavy atom. The topological polar surface area (TPSA) is 66.0 Å². The van der Waals surface area contributed by atoms with Crippen LogP contribution in [0.2, 0.25) is 0 Å². The smallest absolute Gasteiger partial charge is 0.300 e. The fourth-order valence-corrected chi connectivity index (χ4v) is 1.17. The highest BCUT2D eigenvalue weighted by Crippen LogP contribution is 2.28. The molecule has 1 aromatic carbocycles. The van der Waals surface area contributed by atoms with Crippen LogP contribution in [0.3, 0.4) is 0 Å². The van der Waals surface area contributed by atoms with Gasteiger partial charge in [0.25, 0.3) is 12.5 Å². The Hall–Kier alpha value is -1.85. The highest BCUT2D eigenvalue weighted by molar-refractivity contribution is 7.94. The van der Waals surface area contributed by atoms with Crippen LogP contribution in [0.15, 0.2) is 29.2 Å². The second-order valence-electron chi connectivity index (χ2n) is 1.90. The predicted molar refractivity (Wildman–Crippen MR) is 45.2 cm³/mol. The molecule has 5 heteroatoms. The first-order chi connectivity index (χ1) is 6.38. The van der Waals surface area contributed by atoms with Gasteiger partial charge in [-0.2, -0.15) is 0 Å². The Morgan fingerprint density at radius 1 is 1.15 bits per heavy atom. The minimum Gasteiger partial charge on any atom is -0.387 e. The highest BCUT2D eigenvalue weighted by Gasteiger charge is 2.04. The summed E-state index contributed by atoms with van der Waals surface area (Å²) in [5.41, 5.74) is 0. The predicted octanol–water partition coefficient (Wildman–Crippen LogP) is 2.05. The molecule has 0 unspecified atom stereocenters. The van der Waals surface area contributed by atoms with Crippen LogP contribution >= 0.6 is 12.0 Å². The summed E-state index contributed by atoms with van der Waals surface area (Å²) in [6.07, 6.45) is 3.06. The van der Waals surface area contributed by atoms with Crippen molar-refractivity contribution in [1.82, 2.24) is 0 Å². The molecule has 0 heterocycles. The van der Waals surface area contributed by atoms with Crippen LogP contribution in [0.25, 0.3) is 0 Å². The molecule has 4 nitrogen and oxygen atoms in total. The number of benzene rings is 1. The van der Waals surface area contributed by atoms with E-state index in [9.17, 15) is 0 Å². The summed E-state index contributed by atoms with van der Waals surface area (Å²) in [6.45, 7) is 0. The lowest BCUT2D eigenvalue weighted by Crippen LogP contribution is -1.84. The lowest BCUT2D eigenvalue weighted by atomic mass is 10.3. The molecule has 0 N–H and O–H groups in total. The largest absolute Gasteiger partial charge is 0.387 e. The number of hydrogen-bond acceptors (Lipinski definition) is 5.